The maximum absolute atomic E-state index is 11.7. The molecule has 3 rings (SSSR count). The van der Waals surface area contributed by atoms with Crippen molar-refractivity contribution in [2.45, 2.75) is 32.2 Å². The first-order valence-electron chi connectivity index (χ1n) is 6.91. The lowest BCUT2D eigenvalue weighted by atomic mass is 10.2. The maximum Gasteiger partial charge on any atom is 0.227 e. The van der Waals surface area contributed by atoms with Gasteiger partial charge in [-0.1, -0.05) is 12.1 Å². The lowest BCUT2D eigenvalue weighted by Crippen LogP contribution is -2.25. The van der Waals surface area contributed by atoms with Crippen LogP contribution in [0.15, 0.2) is 24.3 Å². The number of amides is 2. The zero-order valence-electron chi connectivity index (χ0n) is 10.9. The molecule has 1 aromatic rings. The summed E-state index contributed by atoms with van der Waals surface area (Å²) in [5.74, 6) is 0.588. The third-order valence-corrected chi connectivity index (χ3v) is 3.71. The molecule has 2 aliphatic rings. The third-order valence-electron chi connectivity index (χ3n) is 3.71. The van der Waals surface area contributed by atoms with Crippen LogP contribution in [0.5, 0.6) is 0 Å². The van der Waals surface area contributed by atoms with Crippen LogP contribution in [0.2, 0.25) is 0 Å². The highest BCUT2D eigenvalue weighted by Crippen LogP contribution is 2.29. The van der Waals surface area contributed by atoms with E-state index in [1.54, 1.807) is 0 Å². The highest BCUT2D eigenvalue weighted by atomic mass is 16.2. The fourth-order valence-electron chi connectivity index (χ4n) is 2.43. The minimum Gasteiger partial charge on any atom is -0.352 e. The molecule has 1 aliphatic carbocycles. The van der Waals surface area contributed by atoms with Crippen LogP contribution in [0.4, 0.5) is 5.69 Å². The minimum atomic E-state index is 0.155. The molecule has 4 nitrogen and oxygen atoms in total. The van der Waals surface area contributed by atoms with E-state index in [0.717, 1.165) is 37.1 Å². The summed E-state index contributed by atoms with van der Waals surface area (Å²) in [6, 6.07) is 7.88. The van der Waals surface area contributed by atoms with Crippen molar-refractivity contribution in [2.75, 3.05) is 11.4 Å². The van der Waals surface area contributed by atoms with Gasteiger partial charge in [0.25, 0.3) is 0 Å². The summed E-state index contributed by atoms with van der Waals surface area (Å²) >= 11 is 0. The van der Waals surface area contributed by atoms with Gasteiger partial charge >= 0.3 is 0 Å². The predicted molar refractivity (Wildman–Crippen MR) is 72.6 cm³/mol. The molecule has 1 aromatic carbocycles. The third kappa shape index (κ3) is 2.78. The molecule has 0 spiro atoms. The predicted octanol–water partition coefficient (Wildman–Crippen LogP) is 1.84. The van der Waals surface area contributed by atoms with Gasteiger partial charge in [-0.05, 0) is 37.0 Å². The molecule has 0 unspecified atom stereocenters. The number of rotatable bonds is 4. The normalized spacial score (nSPS) is 18.7. The number of carbonyl (C=O) groups excluding carboxylic acids is 2. The van der Waals surface area contributed by atoms with E-state index in [4.69, 9.17) is 0 Å². The maximum atomic E-state index is 11.7. The summed E-state index contributed by atoms with van der Waals surface area (Å²) in [6.07, 6.45) is 3.62. The molecule has 2 fully saturated rings. The van der Waals surface area contributed by atoms with Crippen molar-refractivity contribution in [1.29, 1.82) is 0 Å². The number of hydrogen-bond acceptors (Lipinski definition) is 2. The molecule has 19 heavy (non-hydrogen) atoms. The van der Waals surface area contributed by atoms with Crippen molar-refractivity contribution in [3.8, 4) is 0 Å². The van der Waals surface area contributed by atoms with Crippen LogP contribution in [-0.4, -0.2) is 18.4 Å². The van der Waals surface area contributed by atoms with Gasteiger partial charge < -0.3 is 10.2 Å². The highest BCUT2D eigenvalue weighted by Gasteiger charge is 2.29. The van der Waals surface area contributed by atoms with E-state index in [1.807, 2.05) is 29.2 Å². The molecule has 1 heterocycles. The molecule has 1 saturated heterocycles. The highest BCUT2D eigenvalue weighted by molar-refractivity contribution is 5.95. The Balaban J connectivity index is 1.65. The van der Waals surface area contributed by atoms with E-state index < -0.39 is 0 Å². The first kappa shape index (κ1) is 12.2. The number of anilines is 1. The molecule has 100 valence electrons. The van der Waals surface area contributed by atoms with Crippen LogP contribution in [0.1, 0.15) is 31.2 Å². The van der Waals surface area contributed by atoms with Crippen molar-refractivity contribution in [2.24, 2.45) is 5.92 Å². The molecular formula is C15H18N2O2. The summed E-state index contributed by atoms with van der Waals surface area (Å²) in [6.45, 7) is 1.35. The number of nitrogens with zero attached hydrogens (tertiary/aromatic N) is 1. The van der Waals surface area contributed by atoms with Crippen LogP contribution >= 0.6 is 0 Å². The van der Waals surface area contributed by atoms with Gasteiger partial charge in [-0.25, -0.2) is 0 Å². The minimum absolute atomic E-state index is 0.155. The molecule has 2 amide bonds. The van der Waals surface area contributed by atoms with Crippen LogP contribution < -0.4 is 10.2 Å². The Morgan fingerprint density at radius 1 is 1.37 bits per heavy atom. The van der Waals surface area contributed by atoms with Gasteiger partial charge in [-0.2, -0.15) is 0 Å². The Bertz CT molecular complexity index is 509. The molecule has 0 atom stereocenters. The quantitative estimate of drug-likeness (QED) is 0.896. The zero-order valence-corrected chi connectivity index (χ0v) is 10.9. The Morgan fingerprint density at radius 3 is 2.89 bits per heavy atom. The molecule has 0 radical (unpaired) electrons. The molecule has 1 aliphatic heterocycles. The van der Waals surface area contributed by atoms with Crippen molar-refractivity contribution in [3.63, 3.8) is 0 Å². The van der Waals surface area contributed by atoms with E-state index >= 15 is 0 Å². The SMILES string of the molecule is O=C(NCc1cccc(N2CCCC2=O)c1)C1CC1. The Morgan fingerprint density at radius 2 is 2.21 bits per heavy atom. The van der Waals surface area contributed by atoms with Gasteiger partial charge in [0.15, 0.2) is 0 Å². The lowest BCUT2D eigenvalue weighted by Gasteiger charge is -2.16. The summed E-state index contributed by atoms with van der Waals surface area (Å²) < 4.78 is 0. The summed E-state index contributed by atoms with van der Waals surface area (Å²) in [5.41, 5.74) is 1.99. The van der Waals surface area contributed by atoms with Crippen LogP contribution in [0.3, 0.4) is 0 Å². The number of nitrogens with one attached hydrogen (secondary N) is 1. The second kappa shape index (κ2) is 5.03. The van der Waals surface area contributed by atoms with Crippen molar-refractivity contribution < 1.29 is 9.59 Å². The number of carbonyl (C=O) groups is 2. The van der Waals surface area contributed by atoms with E-state index in [9.17, 15) is 9.59 Å². The Hall–Kier alpha value is -1.84. The molecule has 4 heteroatoms. The largest absolute Gasteiger partial charge is 0.352 e. The zero-order chi connectivity index (χ0) is 13.2. The van der Waals surface area contributed by atoms with Gasteiger partial charge in [0, 0.05) is 31.1 Å². The second-order valence-corrected chi connectivity index (χ2v) is 5.31. The first-order chi connectivity index (χ1) is 9.24. The average molecular weight is 258 g/mol. The smallest absolute Gasteiger partial charge is 0.227 e. The summed E-state index contributed by atoms with van der Waals surface area (Å²) in [4.78, 5) is 25.1. The van der Waals surface area contributed by atoms with Crippen molar-refractivity contribution in [1.82, 2.24) is 5.32 Å². The summed E-state index contributed by atoms with van der Waals surface area (Å²) in [5, 5.41) is 2.95. The van der Waals surface area contributed by atoms with Gasteiger partial charge in [0.05, 0.1) is 0 Å². The molecule has 0 bridgehead atoms. The number of benzene rings is 1. The molecule has 0 aromatic heterocycles. The van der Waals surface area contributed by atoms with Crippen LogP contribution in [-0.2, 0) is 16.1 Å². The van der Waals surface area contributed by atoms with E-state index in [0.29, 0.717) is 13.0 Å². The van der Waals surface area contributed by atoms with Gasteiger partial charge in [-0.15, -0.1) is 0 Å². The monoisotopic (exact) mass is 258 g/mol. The van der Waals surface area contributed by atoms with Gasteiger partial charge in [-0.3, -0.25) is 9.59 Å². The van der Waals surface area contributed by atoms with E-state index in [2.05, 4.69) is 5.32 Å². The standard InChI is InChI=1S/C15H18N2O2/c18-14-5-2-8-17(14)13-4-1-3-11(9-13)10-16-15(19)12-6-7-12/h1,3-4,9,12H,2,5-8,10H2,(H,16,19). The fourth-order valence-corrected chi connectivity index (χ4v) is 2.43. The molecular weight excluding hydrogens is 240 g/mol. The summed E-state index contributed by atoms with van der Waals surface area (Å²) in [7, 11) is 0. The number of hydrogen-bond donors (Lipinski definition) is 1. The Labute approximate surface area is 112 Å². The topological polar surface area (TPSA) is 49.4 Å². The van der Waals surface area contributed by atoms with Crippen molar-refractivity contribution >= 4 is 17.5 Å². The Kier molecular flexibility index (Phi) is 3.23. The van der Waals surface area contributed by atoms with Crippen molar-refractivity contribution in [3.05, 3.63) is 29.8 Å². The van der Waals surface area contributed by atoms with Crippen LogP contribution in [0, 0.1) is 5.92 Å². The lowest BCUT2D eigenvalue weighted by molar-refractivity contribution is -0.122. The molecule has 1 N–H and O–H groups in total. The first-order valence-corrected chi connectivity index (χ1v) is 6.91. The van der Waals surface area contributed by atoms with Gasteiger partial charge in [0.2, 0.25) is 11.8 Å². The van der Waals surface area contributed by atoms with E-state index in [-0.39, 0.29) is 17.7 Å². The second-order valence-electron chi connectivity index (χ2n) is 5.31. The van der Waals surface area contributed by atoms with Gasteiger partial charge in [0.1, 0.15) is 0 Å². The van der Waals surface area contributed by atoms with E-state index in [1.165, 1.54) is 0 Å². The average Bonchev–Trinajstić information content (AvgIpc) is 3.19. The van der Waals surface area contributed by atoms with Crippen LogP contribution in [0.25, 0.3) is 0 Å². The molecule has 1 saturated carbocycles. The fraction of sp³-hybridized carbons (Fsp3) is 0.467.